The number of aliphatic carboxylic acids is 1. The first-order valence-electron chi connectivity index (χ1n) is 4.15. The molecule has 5 heteroatoms. The minimum atomic E-state index is -1.11. The Morgan fingerprint density at radius 2 is 2.07 bits per heavy atom. The minimum absolute atomic E-state index is 0.107. The van der Waals surface area contributed by atoms with Gasteiger partial charge in [-0.15, -0.1) is 0 Å². The summed E-state index contributed by atoms with van der Waals surface area (Å²) in [7, 11) is 1.66. The van der Waals surface area contributed by atoms with Gasteiger partial charge in [0.25, 0.3) is 0 Å². The van der Waals surface area contributed by atoms with Gasteiger partial charge in [-0.3, -0.25) is 4.79 Å². The maximum absolute atomic E-state index is 11.3. The number of hydrogen-bond donors (Lipinski definition) is 1. The lowest BCUT2D eigenvalue weighted by atomic mass is 10.3. The normalized spacial score (nSPS) is 12.8. The van der Waals surface area contributed by atoms with Gasteiger partial charge < -0.3 is 10.0 Å². The number of likely N-dealkylation sites (N-methyl/N-ethyl adjacent to an activating group) is 1. The Morgan fingerprint density at radius 3 is 2.50 bits per heavy atom. The van der Waals surface area contributed by atoms with Crippen LogP contribution in [0.2, 0.25) is 0 Å². The first-order chi connectivity index (χ1) is 6.49. The first-order valence-corrected chi connectivity index (χ1v) is 5.55. The highest BCUT2D eigenvalue weighted by Crippen LogP contribution is 2.04. The first kappa shape index (κ1) is 13.0. The Labute approximate surface area is 88.0 Å². The number of carboxylic acid groups (broad SMARTS) is 1. The van der Waals surface area contributed by atoms with Gasteiger partial charge in [0.15, 0.2) is 0 Å². The summed E-state index contributed by atoms with van der Waals surface area (Å²) >= 11 is 1.65. The van der Waals surface area contributed by atoms with Crippen molar-refractivity contribution in [3.63, 3.8) is 0 Å². The molecule has 4 nitrogen and oxygen atoms in total. The smallest absolute Gasteiger partial charge is 0.328 e. The fraction of sp³-hybridized carbons (Fsp3) is 0.556. The van der Waals surface area contributed by atoms with E-state index in [4.69, 9.17) is 5.11 Å². The second-order valence-corrected chi connectivity index (χ2v) is 3.84. The Kier molecular flexibility index (Phi) is 6.03. The van der Waals surface area contributed by atoms with Crippen LogP contribution in [0.25, 0.3) is 0 Å². The predicted molar refractivity (Wildman–Crippen MR) is 57.4 cm³/mol. The maximum Gasteiger partial charge on any atom is 0.328 e. The topological polar surface area (TPSA) is 57.6 Å². The van der Waals surface area contributed by atoms with Crippen molar-refractivity contribution in [2.45, 2.75) is 13.0 Å². The van der Waals surface area contributed by atoms with E-state index in [2.05, 4.69) is 0 Å². The van der Waals surface area contributed by atoms with Gasteiger partial charge in [0.1, 0.15) is 0 Å². The van der Waals surface area contributed by atoms with Gasteiger partial charge in [-0.05, 0) is 13.2 Å². The van der Waals surface area contributed by atoms with Crippen LogP contribution in [0.15, 0.2) is 12.2 Å². The maximum atomic E-state index is 11.3. The third kappa shape index (κ3) is 4.91. The van der Waals surface area contributed by atoms with E-state index in [0.717, 1.165) is 17.9 Å². The molecule has 0 bridgehead atoms. The number of hydrogen-bond acceptors (Lipinski definition) is 3. The molecule has 0 spiro atoms. The molecule has 80 valence electrons. The Morgan fingerprint density at radius 1 is 1.50 bits per heavy atom. The summed E-state index contributed by atoms with van der Waals surface area (Å²) in [5.74, 6) is -0.554. The van der Waals surface area contributed by atoms with Crippen molar-refractivity contribution >= 4 is 23.6 Å². The number of amides is 1. The van der Waals surface area contributed by atoms with Gasteiger partial charge in [-0.2, -0.15) is 11.8 Å². The van der Waals surface area contributed by atoms with Crippen molar-refractivity contribution in [3.8, 4) is 0 Å². The molecule has 0 aromatic rings. The summed E-state index contributed by atoms with van der Waals surface area (Å²) in [6.45, 7) is 1.92. The van der Waals surface area contributed by atoms with E-state index in [0.29, 0.717) is 0 Å². The third-order valence-corrected chi connectivity index (χ3v) is 2.60. The molecule has 0 saturated carbocycles. The summed E-state index contributed by atoms with van der Waals surface area (Å²) in [6, 6.07) is 0.107. The van der Waals surface area contributed by atoms with Crippen LogP contribution in [0, 0.1) is 0 Å². The number of thioether (sulfide) groups is 1. The largest absolute Gasteiger partial charge is 0.478 e. The molecule has 0 aliphatic carbocycles. The van der Waals surface area contributed by atoms with Gasteiger partial charge in [0.05, 0.1) is 0 Å². The van der Waals surface area contributed by atoms with Crippen molar-refractivity contribution in [1.82, 2.24) is 4.90 Å². The Balaban J connectivity index is 4.17. The molecule has 0 rings (SSSR count). The van der Waals surface area contributed by atoms with Gasteiger partial charge >= 0.3 is 5.97 Å². The van der Waals surface area contributed by atoms with Gasteiger partial charge in [-0.1, -0.05) is 0 Å². The van der Waals surface area contributed by atoms with Crippen molar-refractivity contribution in [1.29, 1.82) is 0 Å². The summed E-state index contributed by atoms with van der Waals surface area (Å²) < 4.78 is 0. The molecular formula is C9H15NO3S. The second-order valence-electron chi connectivity index (χ2n) is 2.93. The SMILES string of the molecule is CSCC(C)N(C)C(=O)/C=C/C(=O)O. The van der Waals surface area contributed by atoms with Gasteiger partial charge in [-0.25, -0.2) is 4.79 Å². The van der Waals surface area contributed by atoms with Crippen molar-refractivity contribution in [2.24, 2.45) is 0 Å². The van der Waals surface area contributed by atoms with E-state index in [9.17, 15) is 9.59 Å². The quantitative estimate of drug-likeness (QED) is 0.693. The van der Waals surface area contributed by atoms with Gasteiger partial charge in [0, 0.05) is 31.0 Å². The molecule has 1 amide bonds. The molecule has 1 atom stereocenters. The molecular weight excluding hydrogens is 202 g/mol. The molecule has 0 radical (unpaired) electrons. The molecule has 1 N–H and O–H groups in total. The zero-order valence-corrected chi connectivity index (χ0v) is 9.37. The standard InChI is InChI=1S/C9H15NO3S/c1-7(6-14-3)10(2)8(11)4-5-9(12)13/h4-5,7H,6H2,1-3H3,(H,12,13)/b5-4+. The predicted octanol–water partition coefficient (Wildman–Crippen LogP) is 0.837. The molecule has 0 aromatic carbocycles. The molecule has 0 heterocycles. The number of nitrogens with zero attached hydrogens (tertiary/aromatic N) is 1. The molecule has 1 unspecified atom stereocenters. The highest BCUT2D eigenvalue weighted by atomic mass is 32.2. The third-order valence-electron chi connectivity index (χ3n) is 1.79. The monoisotopic (exact) mass is 217 g/mol. The van der Waals surface area contributed by atoms with Crippen LogP contribution in [0.1, 0.15) is 6.92 Å². The Hall–Kier alpha value is -0.970. The molecule has 0 aliphatic heterocycles. The number of rotatable bonds is 5. The fourth-order valence-corrected chi connectivity index (χ4v) is 1.54. The van der Waals surface area contributed by atoms with Gasteiger partial charge in [0.2, 0.25) is 5.91 Å². The average Bonchev–Trinajstić information content (AvgIpc) is 2.13. The lowest BCUT2D eigenvalue weighted by molar-refractivity contribution is -0.132. The van der Waals surface area contributed by atoms with Crippen LogP contribution >= 0.6 is 11.8 Å². The zero-order valence-electron chi connectivity index (χ0n) is 8.56. The highest BCUT2D eigenvalue weighted by molar-refractivity contribution is 7.98. The molecule has 14 heavy (non-hydrogen) atoms. The molecule has 0 fully saturated rings. The van der Waals surface area contributed by atoms with E-state index >= 15 is 0 Å². The molecule has 0 aliphatic rings. The average molecular weight is 217 g/mol. The Bertz CT molecular complexity index is 240. The fourth-order valence-electron chi connectivity index (χ4n) is 0.830. The number of carbonyl (C=O) groups excluding carboxylic acids is 1. The lowest BCUT2D eigenvalue weighted by Crippen LogP contribution is -2.35. The highest BCUT2D eigenvalue weighted by Gasteiger charge is 2.12. The molecule has 0 saturated heterocycles. The number of carboxylic acids is 1. The van der Waals surface area contributed by atoms with Crippen LogP contribution < -0.4 is 0 Å². The van der Waals surface area contributed by atoms with E-state index in [-0.39, 0.29) is 11.9 Å². The van der Waals surface area contributed by atoms with Crippen LogP contribution in [0.5, 0.6) is 0 Å². The number of carbonyl (C=O) groups is 2. The summed E-state index contributed by atoms with van der Waals surface area (Å²) in [5.41, 5.74) is 0. The van der Waals surface area contributed by atoms with Crippen molar-refractivity contribution in [2.75, 3.05) is 19.1 Å². The van der Waals surface area contributed by atoms with E-state index < -0.39 is 5.97 Å². The van der Waals surface area contributed by atoms with Crippen LogP contribution in [0.4, 0.5) is 0 Å². The van der Waals surface area contributed by atoms with E-state index in [1.54, 1.807) is 18.8 Å². The van der Waals surface area contributed by atoms with Crippen LogP contribution in [-0.4, -0.2) is 47.0 Å². The van der Waals surface area contributed by atoms with E-state index in [1.807, 2.05) is 13.2 Å². The second kappa shape index (κ2) is 6.48. The summed E-state index contributed by atoms with van der Waals surface area (Å²) in [6.07, 6.45) is 3.88. The van der Waals surface area contributed by atoms with Crippen molar-refractivity contribution in [3.05, 3.63) is 12.2 Å². The lowest BCUT2D eigenvalue weighted by Gasteiger charge is -2.22. The summed E-state index contributed by atoms with van der Waals surface area (Å²) in [4.78, 5) is 23.0. The zero-order chi connectivity index (χ0) is 11.1. The molecule has 0 aromatic heterocycles. The van der Waals surface area contributed by atoms with Crippen molar-refractivity contribution < 1.29 is 14.7 Å². The van der Waals surface area contributed by atoms with E-state index in [1.165, 1.54) is 4.90 Å². The van der Waals surface area contributed by atoms with Crippen LogP contribution in [-0.2, 0) is 9.59 Å². The minimum Gasteiger partial charge on any atom is -0.478 e. The van der Waals surface area contributed by atoms with Crippen LogP contribution in [0.3, 0.4) is 0 Å². The summed E-state index contributed by atoms with van der Waals surface area (Å²) in [5, 5.41) is 8.32.